The Morgan fingerprint density at radius 2 is 1.62 bits per heavy atom. The second kappa shape index (κ2) is 8.87. The average Bonchev–Trinajstić information content (AvgIpc) is 3.26. The van der Waals surface area contributed by atoms with Gasteiger partial charge in [0.2, 0.25) is 0 Å². The molecule has 29 heavy (non-hydrogen) atoms. The molecule has 0 spiro atoms. The van der Waals surface area contributed by atoms with E-state index in [9.17, 15) is 4.79 Å². The van der Waals surface area contributed by atoms with Gasteiger partial charge in [0.05, 0.1) is 26.2 Å². The lowest BCUT2D eigenvalue weighted by Gasteiger charge is -2.34. The summed E-state index contributed by atoms with van der Waals surface area (Å²) in [5, 5.41) is 3.07. The number of hydrogen-bond donors (Lipinski definition) is 2. The highest BCUT2D eigenvalue weighted by Gasteiger charge is 2.23. The molecule has 2 aliphatic heterocycles. The fraction of sp³-hybridized carbons (Fsp3) is 0.458. The molecule has 0 atom stereocenters. The van der Waals surface area contributed by atoms with Crippen molar-refractivity contribution in [1.82, 2.24) is 0 Å². The molecule has 5 nitrogen and oxygen atoms in total. The van der Waals surface area contributed by atoms with E-state index >= 15 is 0 Å². The Kier molecular flexibility index (Phi) is 6.05. The topological polar surface area (TPSA) is 40.0 Å². The van der Waals surface area contributed by atoms with Gasteiger partial charge >= 0.3 is 0 Å². The summed E-state index contributed by atoms with van der Waals surface area (Å²) in [4.78, 5) is 18.7. The Labute approximate surface area is 174 Å². The number of benzene rings is 2. The van der Waals surface area contributed by atoms with Gasteiger partial charge in [0.25, 0.3) is 5.91 Å². The van der Waals surface area contributed by atoms with Crippen molar-refractivity contribution in [3.63, 3.8) is 0 Å². The van der Waals surface area contributed by atoms with Crippen molar-refractivity contribution >= 4 is 23.0 Å². The third-order valence-electron chi connectivity index (χ3n) is 6.42. The van der Waals surface area contributed by atoms with E-state index in [0.29, 0.717) is 6.54 Å². The number of quaternary nitrogens is 1. The van der Waals surface area contributed by atoms with Gasteiger partial charge in [-0.15, -0.1) is 0 Å². The smallest absolute Gasteiger partial charge is 0.279 e. The zero-order valence-electron chi connectivity index (χ0n) is 17.7. The van der Waals surface area contributed by atoms with Gasteiger partial charge in [0.1, 0.15) is 0 Å². The third kappa shape index (κ3) is 4.73. The molecule has 1 amide bonds. The molecule has 2 N–H and O–H groups in total. The third-order valence-corrected chi connectivity index (χ3v) is 6.42. The number of carbonyl (C=O) groups is 1. The average molecular weight is 394 g/mol. The Morgan fingerprint density at radius 3 is 2.31 bits per heavy atom. The molecule has 0 aliphatic carbocycles. The largest absolute Gasteiger partial charge is 0.372 e. The second-order valence-electron chi connectivity index (χ2n) is 8.42. The molecule has 2 saturated heterocycles. The summed E-state index contributed by atoms with van der Waals surface area (Å²) in [7, 11) is 0. The van der Waals surface area contributed by atoms with Gasteiger partial charge in [-0.25, -0.2) is 0 Å². The van der Waals surface area contributed by atoms with Crippen molar-refractivity contribution in [3.05, 3.63) is 53.6 Å². The van der Waals surface area contributed by atoms with E-state index < -0.39 is 0 Å². The van der Waals surface area contributed by atoms with Crippen molar-refractivity contribution in [2.75, 3.05) is 60.9 Å². The summed E-state index contributed by atoms with van der Waals surface area (Å²) in [6.45, 7) is 11.2. The zero-order valence-corrected chi connectivity index (χ0v) is 17.7. The number of piperazine rings is 1. The molecule has 2 aliphatic rings. The minimum Gasteiger partial charge on any atom is -0.372 e. The number of rotatable bonds is 5. The molecule has 5 heteroatoms. The Balaban J connectivity index is 1.26. The highest BCUT2D eigenvalue weighted by atomic mass is 16.2. The van der Waals surface area contributed by atoms with Crippen LogP contribution in [-0.2, 0) is 4.79 Å². The van der Waals surface area contributed by atoms with Crippen LogP contribution >= 0.6 is 0 Å². The Bertz CT molecular complexity index is 834. The number of anilines is 3. The second-order valence-corrected chi connectivity index (χ2v) is 8.42. The van der Waals surface area contributed by atoms with E-state index in [1.54, 1.807) is 0 Å². The summed E-state index contributed by atoms with van der Waals surface area (Å²) in [6.07, 6.45) is 2.55. The van der Waals surface area contributed by atoms with Crippen LogP contribution in [0, 0.1) is 13.8 Å². The number of hydrogen-bond acceptors (Lipinski definition) is 3. The molecule has 2 aromatic carbocycles. The lowest BCUT2D eigenvalue weighted by Crippen LogP contribution is -3.15. The van der Waals surface area contributed by atoms with Crippen LogP contribution in [0.3, 0.4) is 0 Å². The van der Waals surface area contributed by atoms with Crippen LogP contribution in [-0.4, -0.2) is 51.7 Å². The number of nitrogens with zero attached hydrogens (tertiary/aromatic N) is 2. The van der Waals surface area contributed by atoms with E-state index in [-0.39, 0.29) is 5.91 Å². The minimum atomic E-state index is 0.106. The first-order valence-corrected chi connectivity index (χ1v) is 10.9. The number of aryl methyl sites for hydroxylation is 1. The molecule has 2 heterocycles. The zero-order chi connectivity index (χ0) is 20.2. The molecule has 2 fully saturated rings. The van der Waals surface area contributed by atoms with Gasteiger partial charge in [-0.2, -0.15) is 0 Å². The lowest BCUT2D eigenvalue weighted by molar-refractivity contribution is -0.892. The predicted octanol–water partition coefficient (Wildman–Crippen LogP) is 2.25. The van der Waals surface area contributed by atoms with Crippen LogP contribution in [0.5, 0.6) is 0 Å². The van der Waals surface area contributed by atoms with Crippen LogP contribution in [0.25, 0.3) is 0 Å². The maximum absolute atomic E-state index is 12.5. The maximum Gasteiger partial charge on any atom is 0.279 e. The van der Waals surface area contributed by atoms with E-state index in [1.807, 2.05) is 12.1 Å². The van der Waals surface area contributed by atoms with Crippen LogP contribution in [0.4, 0.5) is 17.1 Å². The quantitative estimate of drug-likeness (QED) is 0.819. The first kappa shape index (κ1) is 19.8. The van der Waals surface area contributed by atoms with Gasteiger partial charge in [0, 0.05) is 30.2 Å². The summed E-state index contributed by atoms with van der Waals surface area (Å²) < 4.78 is 0. The fourth-order valence-corrected chi connectivity index (χ4v) is 4.48. The maximum atomic E-state index is 12.5. The van der Waals surface area contributed by atoms with Crippen molar-refractivity contribution < 1.29 is 9.69 Å². The molecule has 2 aromatic rings. The van der Waals surface area contributed by atoms with Crippen molar-refractivity contribution in [2.24, 2.45) is 0 Å². The molecule has 4 rings (SSSR count). The van der Waals surface area contributed by atoms with Crippen LogP contribution < -0.4 is 20.0 Å². The number of carbonyl (C=O) groups excluding carboxylic acids is 1. The normalized spacial score (nSPS) is 17.6. The molecule has 0 aromatic heterocycles. The van der Waals surface area contributed by atoms with Crippen LogP contribution in [0.2, 0.25) is 0 Å². The number of nitrogens with one attached hydrogen (secondary N) is 2. The van der Waals surface area contributed by atoms with Crippen molar-refractivity contribution in [3.8, 4) is 0 Å². The number of amides is 1. The summed E-state index contributed by atoms with van der Waals surface area (Å²) in [5.74, 6) is 0.106. The standard InChI is InChI=1S/C24H32N4O/c1-19-6-5-7-23(20(19)2)28-16-14-26(15-17-28)18-24(29)25-21-8-10-22(11-9-21)27-12-3-4-13-27/h5-11H,3-4,12-18H2,1-2H3,(H,25,29)/p+1. The van der Waals surface area contributed by atoms with Crippen molar-refractivity contribution in [2.45, 2.75) is 26.7 Å². The molecular formula is C24H33N4O+. The fourth-order valence-electron chi connectivity index (χ4n) is 4.48. The van der Waals surface area contributed by atoms with Gasteiger partial charge < -0.3 is 20.0 Å². The molecule has 0 bridgehead atoms. The molecule has 0 unspecified atom stereocenters. The van der Waals surface area contributed by atoms with E-state index in [4.69, 9.17) is 0 Å². The van der Waals surface area contributed by atoms with E-state index in [1.165, 1.54) is 40.2 Å². The van der Waals surface area contributed by atoms with Crippen LogP contribution in [0.1, 0.15) is 24.0 Å². The summed E-state index contributed by atoms with van der Waals surface area (Å²) in [5.41, 5.74) is 6.20. The molecule has 154 valence electrons. The lowest BCUT2D eigenvalue weighted by atomic mass is 10.1. The Morgan fingerprint density at radius 1 is 0.931 bits per heavy atom. The van der Waals surface area contributed by atoms with Gasteiger partial charge in [-0.3, -0.25) is 4.79 Å². The summed E-state index contributed by atoms with van der Waals surface area (Å²) in [6, 6.07) is 14.8. The van der Waals surface area contributed by atoms with E-state index in [0.717, 1.165) is 45.0 Å². The van der Waals surface area contributed by atoms with Crippen molar-refractivity contribution in [1.29, 1.82) is 0 Å². The molecule has 0 saturated carbocycles. The Hall–Kier alpha value is -2.53. The highest BCUT2D eigenvalue weighted by molar-refractivity contribution is 5.91. The monoisotopic (exact) mass is 393 g/mol. The first-order chi connectivity index (χ1) is 14.1. The molecule has 0 radical (unpaired) electrons. The predicted molar refractivity (Wildman–Crippen MR) is 120 cm³/mol. The SMILES string of the molecule is Cc1cccc(N2CC[NH+](CC(=O)Nc3ccc(N4CCCC4)cc3)CC2)c1C. The minimum absolute atomic E-state index is 0.106. The van der Waals surface area contributed by atoms with E-state index in [2.05, 4.69) is 59.3 Å². The van der Waals surface area contributed by atoms with Gasteiger partial charge in [-0.1, -0.05) is 12.1 Å². The highest BCUT2D eigenvalue weighted by Crippen LogP contribution is 2.23. The van der Waals surface area contributed by atoms with Gasteiger partial charge in [-0.05, 0) is 68.1 Å². The first-order valence-electron chi connectivity index (χ1n) is 10.9. The molecular weight excluding hydrogens is 360 g/mol. The summed E-state index contributed by atoms with van der Waals surface area (Å²) >= 11 is 0. The van der Waals surface area contributed by atoms with Crippen LogP contribution in [0.15, 0.2) is 42.5 Å². The van der Waals surface area contributed by atoms with Gasteiger partial charge in [0.15, 0.2) is 6.54 Å².